The van der Waals surface area contributed by atoms with Crippen molar-refractivity contribution in [2.75, 3.05) is 20.1 Å². The summed E-state index contributed by atoms with van der Waals surface area (Å²) in [6, 6.07) is 7.49. The Morgan fingerprint density at radius 2 is 2.00 bits per heavy atom. The van der Waals surface area contributed by atoms with Gasteiger partial charge in [0.2, 0.25) is 11.8 Å². The number of carbonyl (C=O) groups is 2. The van der Waals surface area contributed by atoms with Gasteiger partial charge in [0.15, 0.2) is 0 Å². The van der Waals surface area contributed by atoms with Gasteiger partial charge < -0.3 is 10.6 Å². The van der Waals surface area contributed by atoms with Crippen LogP contribution in [-0.2, 0) is 9.59 Å². The molecule has 0 saturated carbocycles. The molecule has 0 fully saturated rings. The summed E-state index contributed by atoms with van der Waals surface area (Å²) in [7, 11) is 1.89. The van der Waals surface area contributed by atoms with Crippen LogP contribution in [0.3, 0.4) is 0 Å². The zero-order valence-electron chi connectivity index (χ0n) is 15.2. The molecule has 0 aliphatic carbocycles. The number of benzene rings is 1. The summed E-state index contributed by atoms with van der Waals surface area (Å²) in [5.74, 6) is -0.327. The number of thiazole rings is 1. The Kier molecular flexibility index (Phi) is 6.90. The standard InChI is InChI=1S/C18H26N4O2S/c1-5-10-19-17(24)12(2)20-16(23)11-22(4)13(3)18-21-14-8-6-7-9-15(14)25-18/h6-9,12-13H,5,10-11H2,1-4H3,(H,19,24)(H,20,23)/t12-,13+/m1/s1. The van der Waals surface area contributed by atoms with Gasteiger partial charge >= 0.3 is 0 Å². The summed E-state index contributed by atoms with van der Waals surface area (Å²) in [5, 5.41) is 6.50. The molecule has 2 amide bonds. The van der Waals surface area contributed by atoms with Crippen LogP contribution in [0.25, 0.3) is 10.2 Å². The maximum absolute atomic E-state index is 12.2. The number of nitrogens with one attached hydrogen (secondary N) is 2. The first-order valence-electron chi connectivity index (χ1n) is 8.55. The van der Waals surface area contributed by atoms with Crippen LogP contribution in [0.4, 0.5) is 0 Å². The molecule has 25 heavy (non-hydrogen) atoms. The SMILES string of the molecule is CCCNC(=O)[C@@H](C)NC(=O)CN(C)[C@@H](C)c1nc2ccccc2s1. The van der Waals surface area contributed by atoms with Crippen molar-refractivity contribution >= 4 is 33.4 Å². The zero-order valence-corrected chi connectivity index (χ0v) is 16.0. The Bertz CT molecular complexity index is 698. The predicted octanol–water partition coefficient (Wildman–Crippen LogP) is 2.32. The number of hydrogen-bond acceptors (Lipinski definition) is 5. The fourth-order valence-electron chi connectivity index (χ4n) is 2.37. The van der Waals surface area contributed by atoms with Gasteiger partial charge in [0.05, 0.1) is 22.8 Å². The van der Waals surface area contributed by atoms with Crippen molar-refractivity contribution < 1.29 is 9.59 Å². The van der Waals surface area contributed by atoms with Gasteiger partial charge in [-0.05, 0) is 39.4 Å². The van der Waals surface area contributed by atoms with Crippen LogP contribution in [-0.4, -0.2) is 47.9 Å². The highest BCUT2D eigenvalue weighted by molar-refractivity contribution is 7.18. The largest absolute Gasteiger partial charge is 0.354 e. The van der Waals surface area contributed by atoms with Crippen molar-refractivity contribution in [1.29, 1.82) is 0 Å². The third-order valence-corrected chi connectivity index (χ3v) is 5.25. The molecule has 2 rings (SSSR count). The molecule has 2 N–H and O–H groups in total. The lowest BCUT2D eigenvalue weighted by molar-refractivity contribution is -0.129. The number of rotatable bonds is 8. The Morgan fingerprint density at radius 1 is 1.28 bits per heavy atom. The van der Waals surface area contributed by atoms with Gasteiger partial charge in [-0.1, -0.05) is 19.1 Å². The highest BCUT2D eigenvalue weighted by Gasteiger charge is 2.20. The van der Waals surface area contributed by atoms with Crippen molar-refractivity contribution in [3.05, 3.63) is 29.3 Å². The van der Waals surface area contributed by atoms with E-state index in [9.17, 15) is 9.59 Å². The van der Waals surface area contributed by atoms with E-state index in [1.165, 1.54) is 0 Å². The van der Waals surface area contributed by atoms with Gasteiger partial charge in [-0.2, -0.15) is 0 Å². The van der Waals surface area contributed by atoms with E-state index in [4.69, 9.17) is 0 Å². The molecule has 0 bridgehead atoms. The Hall–Kier alpha value is -1.99. The number of carbonyl (C=O) groups excluding carboxylic acids is 2. The quantitative estimate of drug-likeness (QED) is 0.756. The fourth-order valence-corrected chi connectivity index (χ4v) is 3.46. The number of para-hydroxylation sites is 1. The molecular formula is C18H26N4O2S. The summed E-state index contributed by atoms with van der Waals surface area (Å²) in [6.07, 6.45) is 0.870. The van der Waals surface area contributed by atoms with E-state index in [1.807, 2.05) is 50.1 Å². The summed E-state index contributed by atoms with van der Waals surface area (Å²) < 4.78 is 1.14. The monoisotopic (exact) mass is 362 g/mol. The van der Waals surface area contributed by atoms with Crippen molar-refractivity contribution in [3.8, 4) is 0 Å². The van der Waals surface area contributed by atoms with E-state index in [2.05, 4.69) is 15.6 Å². The predicted molar refractivity (Wildman–Crippen MR) is 102 cm³/mol. The van der Waals surface area contributed by atoms with E-state index in [0.29, 0.717) is 6.54 Å². The molecule has 1 heterocycles. The zero-order chi connectivity index (χ0) is 18.4. The number of hydrogen-bond donors (Lipinski definition) is 2. The molecule has 1 aromatic carbocycles. The van der Waals surface area contributed by atoms with Crippen LogP contribution >= 0.6 is 11.3 Å². The molecule has 1 aromatic heterocycles. The third-order valence-electron chi connectivity index (χ3n) is 4.04. The van der Waals surface area contributed by atoms with Crippen molar-refractivity contribution in [1.82, 2.24) is 20.5 Å². The summed E-state index contributed by atoms with van der Waals surface area (Å²) in [6.45, 7) is 6.54. The molecule has 6 nitrogen and oxygen atoms in total. The molecule has 0 aliphatic rings. The minimum Gasteiger partial charge on any atom is -0.354 e. The van der Waals surface area contributed by atoms with E-state index in [1.54, 1.807) is 18.3 Å². The van der Waals surface area contributed by atoms with Crippen LogP contribution in [0.15, 0.2) is 24.3 Å². The topological polar surface area (TPSA) is 74.3 Å². The molecule has 0 spiro atoms. The highest BCUT2D eigenvalue weighted by atomic mass is 32.1. The van der Waals surface area contributed by atoms with Crippen LogP contribution in [0.1, 0.15) is 38.2 Å². The van der Waals surface area contributed by atoms with Crippen molar-refractivity contribution in [2.24, 2.45) is 0 Å². The molecule has 7 heteroatoms. The maximum atomic E-state index is 12.2. The third kappa shape index (κ3) is 5.24. The lowest BCUT2D eigenvalue weighted by Crippen LogP contribution is -2.47. The van der Waals surface area contributed by atoms with Crippen LogP contribution < -0.4 is 10.6 Å². The number of aromatic nitrogens is 1. The lowest BCUT2D eigenvalue weighted by Gasteiger charge is -2.23. The van der Waals surface area contributed by atoms with Gasteiger partial charge in [-0.3, -0.25) is 14.5 Å². The first kappa shape index (κ1) is 19.3. The smallest absolute Gasteiger partial charge is 0.242 e. The Balaban J connectivity index is 1.90. The van der Waals surface area contributed by atoms with Crippen molar-refractivity contribution in [3.63, 3.8) is 0 Å². The number of amides is 2. The molecule has 0 aliphatic heterocycles. The molecule has 136 valence electrons. The van der Waals surface area contributed by atoms with Crippen LogP contribution in [0.5, 0.6) is 0 Å². The fraction of sp³-hybridized carbons (Fsp3) is 0.500. The number of nitrogens with zero attached hydrogens (tertiary/aromatic N) is 2. The average Bonchev–Trinajstić information content (AvgIpc) is 3.02. The summed E-state index contributed by atoms with van der Waals surface area (Å²) in [5.41, 5.74) is 0.980. The average molecular weight is 362 g/mol. The van der Waals surface area contributed by atoms with E-state index in [0.717, 1.165) is 21.6 Å². The molecule has 0 saturated heterocycles. The van der Waals surface area contributed by atoms with Gasteiger partial charge in [0.1, 0.15) is 11.0 Å². The first-order chi connectivity index (χ1) is 11.9. The van der Waals surface area contributed by atoms with E-state index >= 15 is 0 Å². The molecular weight excluding hydrogens is 336 g/mol. The second kappa shape index (κ2) is 8.92. The van der Waals surface area contributed by atoms with Gasteiger partial charge in [-0.25, -0.2) is 4.98 Å². The van der Waals surface area contributed by atoms with E-state index < -0.39 is 6.04 Å². The normalized spacial score (nSPS) is 13.6. The molecule has 0 radical (unpaired) electrons. The second-order valence-electron chi connectivity index (χ2n) is 6.19. The highest BCUT2D eigenvalue weighted by Crippen LogP contribution is 2.28. The van der Waals surface area contributed by atoms with Gasteiger partial charge in [-0.15, -0.1) is 11.3 Å². The molecule has 2 aromatic rings. The first-order valence-corrected chi connectivity index (χ1v) is 9.36. The summed E-state index contributed by atoms with van der Waals surface area (Å²) in [4.78, 5) is 30.6. The van der Waals surface area contributed by atoms with E-state index in [-0.39, 0.29) is 24.4 Å². The lowest BCUT2D eigenvalue weighted by atomic mass is 10.2. The molecule has 2 atom stereocenters. The minimum atomic E-state index is -0.537. The number of likely N-dealkylation sites (N-methyl/N-ethyl adjacent to an activating group) is 1. The number of fused-ring (bicyclic) bond motifs is 1. The minimum absolute atomic E-state index is 0.0207. The van der Waals surface area contributed by atoms with Gasteiger partial charge in [0.25, 0.3) is 0 Å². The van der Waals surface area contributed by atoms with Crippen molar-refractivity contribution in [2.45, 2.75) is 39.3 Å². The summed E-state index contributed by atoms with van der Waals surface area (Å²) >= 11 is 1.64. The molecule has 0 unspecified atom stereocenters. The van der Waals surface area contributed by atoms with Crippen LogP contribution in [0, 0.1) is 0 Å². The second-order valence-corrected chi connectivity index (χ2v) is 7.25. The Labute approximate surface area is 152 Å². The Morgan fingerprint density at radius 3 is 2.68 bits per heavy atom. The maximum Gasteiger partial charge on any atom is 0.242 e. The van der Waals surface area contributed by atoms with Crippen LogP contribution in [0.2, 0.25) is 0 Å². The van der Waals surface area contributed by atoms with Gasteiger partial charge in [0, 0.05) is 6.54 Å².